The van der Waals surface area contributed by atoms with Crippen LogP contribution in [0.25, 0.3) is 0 Å². The molecule has 27 heavy (non-hydrogen) atoms. The molecule has 5 unspecified atom stereocenters. The van der Waals surface area contributed by atoms with Crippen LogP contribution in [0.4, 0.5) is 0 Å². The van der Waals surface area contributed by atoms with Gasteiger partial charge in [0.15, 0.2) is 0 Å². The Hall–Kier alpha value is -2.11. The van der Waals surface area contributed by atoms with Gasteiger partial charge in [0, 0.05) is 18.9 Å². The molecule has 1 saturated carbocycles. The highest BCUT2D eigenvalue weighted by molar-refractivity contribution is 5.91. The predicted octanol–water partition coefficient (Wildman–Crippen LogP) is 3.10. The van der Waals surface area contributed by atoms with Crippen molar-refractivity contribution in [2.45, 2.75) is 72.2 Å². The molecule has 2 fully saturated rings. The van der Waals surface area contributed by atoms with E-state index in [0.29, 0.717) is 18.4 Å². The summed E-state index contributed by atoms with van der Waals surface area (Å²) < 4.78 is 17.2. The van der Waals surface area contributed by atoms with Crippen LogP contribution in [-0.2, 0) is 28.6 Å². The highest BCUT2D eigenvalue weighted by atomic mass is 16.6. The number of fused-ring (bicyclic) bond motifs is 2. The van der Waals surface area contributed by atoms with Gasteiger partial charge in [-0.2, -0.15) is 0 Å². The summed E-state index contributed by atoms with van der Waals surface area (Å²) in [6.45, 7) is 12.8. The molecule has 6 heteroatoms. The van der Waals surface area contributed by atoms with Crippen molar-refractivity contribution in [3.63, 3.8) is 0 Å². The molecule has 3 rings (SSSR count). The topological polar surface area (TPSA) is 78.9 Å². The van der Waals surface area contributed by atoms with E-state index in [1.54, 1.807) is 13.8 Å². The van der Waals surface area contributed by atoms with Gasteiger partial charge in [-0.15, -0.1) is 0 Å². The van der Waals surface area contributed by atoms with Gasteiger partial charge in [-0.25, -0.2) is 4.79 Å². The Balaban J connectivity index is 2.13. The van der Waals surface area contributed by atoms with Gasteiger partial charge in [0.2, 0.25) is 0 Å². The van der Waals surface area contributed by atoms with Gasteiger partial charge in [0.05, 0.1) is 17.3 Å². The standard InChI is InChI=1S/C21H28O6/c1-10(2)19(23)27-18-17-12(4)20(24)26-15(17)9-11(3)14-7-8-16(21(14,18)6)25-13(5)22/h10,15-18H,4,7-9H2,1-3,5-6H3. The molecule has 3 aliphatic rings. The Kier molecular flexibility index (Phi) is 4.95. The van der Waals surface area contributed by atoms with Crippen molar-refractivity contribution in [1.29, 1.82) is 0 Å². The van der Waals surface area contributed by atoms with E-state index in [1.165, 1.54) is 6.92 Å². The summed E-state index contributed by atoms with van der Waals surface area (Å²) in [7, 11) is 0. The summed E-state index contributed by atoms with van der Waals surface area (Å²) in [5, 5.41) is 0. The smallest absolute Gasteiger partial charge is 0.334 e. The first kappa shape index (κ1) is 19.6. The molecular formula is C21H28O6. The average molecular weight is 376 g/mol. The molecule has 1 heterocycles. The van der Waals surface area contributed by atoms with E-state index in [9.17, 15) is 14.4 Å². The van der Waals surface area contributed by atoms with Crippen molar-refractivity contribution in [3.05, 3.63) is 23.3 Å². The monoisotopic (exact) mass is 376 g/mol. The summed E-state index contributed by atoms with van der Waals surface area (Å²) in [4.78, 5) is 36.5. The van der Waals surface area contributed by atoms with Crippen molar-refractivity contribution < 1.29 is 28.6 Å². The summed E-state index contributed by atoms with van der Waals surface area (Å²) in [5.41, 5.74) is 1.85. The second-order valence-electron chi connectivity index (χ2n) is 8.39. The van der Waals surface area contributed by atoms with Crippen LogP contribution in [0.1, 0.15) is 53.9 Å². The van der Waals surface area contributed by atoms with E-state index in [4.69, 9.17) is 14.2 Å². The minimum atomic E-state index is -0.712. The van der Waals surface area contributed by atoms with Gasteiger partial charge in [-0.05, 0) is 26.7 Å². The van der Waals surface area contributed by atoms with Crippen molar-refractivity contribution in [2.24, 2.45) is 17.3 Å². The highest BCUT2D eigenvalue weighted by Crippen LogP contribution is 2.56. The quantitative estimate of drug-likeness (QED) is 0.326. The Labute approximate surface area is 159 Å². The highest BCUT2D eigenvalue weighted by Gasteiger charge is 2.61. The third-order valence-electron chi connectivity index (χ3n) is 6.26. The molecule has 0 aromatic heterocycles. The van der Waals surface area contributed by atoms with E-state index >= 15 is 0 Å². The fourth-order valence-corrected chi connectivity index (χ4v) is 4.90. The van der Waals surface area contributed by atoms with Crippen LogP contribution < -0.4 is 0 Å². The lowest BCUT2D eigenvalue weighted by molar-refractivity contribution is -0.173. The van der Waals surface area contributed by atoms with Crippen LogP contribution in [-0.4, -0.2) is 36.2 Å². The van der Waals surface area contributed by atoms with Crippen LogP contribution in [0.15, 0.2) is 23.3 Å². The number of rotatable bonds is 3. The molecule has 1 saturated heterocycles. The maximum absolute atomic E-state index is 12.5. The van der Waals surface area contributed by atoms with Gasteiger partial charge in [0.1, 0.15) is 18.3 Å². The Morgan fingerprint density at radius 2 is 1.96 bits per heavy atom. The number of carbonyl (C=O) groups is 3. The number of hydrogen-bond acceptors (Lipinski definition) is 6. The molecular weight excluding hydrogens is 348 g/mol. The fourth-order valence-electron chi connectivity index (χ4n) is 4.90. The van der Waals surface area contributed by atoms with Gasteiger partial charge >= 0.3 is 17.9 Å². The maximum Gasteiger partial charge on any atom is 0.334 e. The van der Waals surface area contributed by atoms with E-state index in [2.05, 4.69) is 6.58 Å². The van der Waals surface area contributed by atoms with Crippen molar-refractivity contribution in [3.8, 4) is 0 Å². The Morgan fingerprint density at radius 3 is 2.56 bits per heavy atom. The minimum Gasteiger partial charge on any atom is -0.461 e. The number of ether oxygens (including phenoxy) is 3. The molecule has 6 nitrogen and oxygen atoms in total. The first-order valence-corrected chi connectivity index (χ1v) is 9.54. The number of esters is 3. The molecule has 2 aliphatic carbocycles. The molecule has 0 aromatic carbocycles. The normalized spacial score (nSPS) is 35.5. The van der Waals surface area contributed by atoms with Crippen LogP contribution in [0.3, 0.4) is 0 Å². The van der Waals surface area contributed by atoms with Crippen LogP contribution in [0.2, 0.25) is 0 Å². The largest absolute Gasteiger partial charge is 0.461 e. The van der Waals surface area contributed by atoms with E-state index in [0.717, 1.165) is 17.6 Å². The number of carbonyl (C=O) groups excluding carboxylic acids is 3. The summed E-state index contributed by atoms with van der Waals surface area (Å²) in [5.74, 6) is -1.93. The molecule has 0 aromatic rings. The zero-order chi connectivity index (χ0) is 20.1. The summed E-state index contributed by atoms with van der Waals surface area (Å²) >= 11 is 0. The lowest BCUT2D eigenvalue weighted by Crippen LogP contribution is -2.50. The summed E-state index contributed by atoms with van der Waals surface area (Å²) in [6, 6.07) is 0. The van der Waals surface area contributed by atoms with Crippen molar-refractivity contribution in [2.75, 3.05) is 0 Å². The molecule has 0 amide bonds. The predicted molar refractivity (Wildman–Crippen MR) is 97.4 cm³/mol. The third-order valence-corrected chi connectivity index (χ3v) is 6.26. The van der Waals surface area contributed by atoms with Crippen LogP contribution in [0.5, 0.6) is 0 Å². The molecule has 0 bridgehead atoms. The maximum atomic E-state index is 12.5. The average Bonchev–Trinajstić information content (AvgIpc) is 3.00. The molecule has 1 aliphatic heterocycles. The van der Waals surface area contributed by atoms with Crippen LogP contribution >= 0.6 is 0 Å². The van der Waals surface area contributed by atoms with E-state index in [1.807, 2.05) is 13.8 Å². The van der Waals surface area contributed by atoms with E-state index < -0.39 is 35.6 Å². The molecule has 5 atom stereocenters. The van der Waals surface area contributed by atoms with Gasteiger partial charge in [-0.1, -0.05) is 31.6 Å². The summed E-state index contributed by atoms with van der Waals surface area (Å²) in [6.07, 6.45) is 0.487. The Morgan fingerprint density at radius 1 is 1.30 bits per heavy atom. The van der Waals surface area contributed by atoms with E-state index in [-0.39, 0.29) is 17.9 Å². The molecule has 0 radical (unpaired) electrons. The zero-order valence-corrected chi connectivity index (χ0v) is 16.7. The Bertz CT molecular complexity index is 733. The van der Waals surface area contributed by atoms with Gasteiger partial charge < -0.3 is 14.2 Å². The van der Waals surface area contributed by atoms with Crippen LogP contribution in [0, 0.1) is 17.3 Å². The molecule has 0 N–H and O–H groups in total. The lowest BCUT2D eigenvalue weighted by atomic mass is 9.71. The number of hydrogen-bond donors (Lipinski definition) is 0. The molecule has 148 valence electrons. The first-order chi connectivity index (χ1) is 12.6. The van der Waals surface area contributed by atoms with Gasteiger partial charge in [0.25, 0.3) is 0 Å². The van der Waals surface area contributed by atoms with Crippen molar-refractivity contribution >= 4 is 17.9 Å². The lowest BCUT2D eigenvalue weighted by Gasteiger charge is -2.41. The second-order valence-corrected chi connectivity index (χ2v) is 8.39. The van der Waals surface area contributed by atoms with Crippen molar-refractivity contribution in [1.82, 2.24) is 0 Å². The molecule has 0 spiro atoms. The SMILES string of the molecule is C=C1C(=O)OC2CC(C)=C3CCC(OC(C)=O)C3(C)C(OC(=O)C(C)C)C12. The first-order valence-electron chi connectivity index (χ1n) is 9.54. The zero-order valence-electron chi connectivity index (χ0n) is 16.7. The second kappa shape index (κ2) is 6.80. The van der Waals surface area contributed by atoms with Gasteiger partial charge in [-0.3, -0.25) is 9.59 Å². The minimum absolute atomic E-state index is 0.316. The fraction of sp³-hybridized carbons (Fsp3) is 0.667. The third kappa shape index (κ3) is 3.09.